The molecule has 0 spiro atoms. The SMILES string of the molecule is CCC1CCC(c2ccc(C3=NC(=Cc4ccccc4F)C(=O)O3)cc2)CC1. The van der Waals surface area contributed by atoms with E-state index in [4.69, 9.17) is 4.74 Å². The second-order valence-electron chi connectivity index (χ2n) is 7.61. The van der Waals surface area contributed by atoms with Crippen LogP contribution >= 0.6 is 0 Å². The molecule has 4 rings (SSSR count). The van der Waals surface area contributed by atoms with Gasteiger partial charge in [-0.15, -0.1) is 0 Å². The highest BCUT2D eigenvalue weighted by Crippen LogP contribution is 2.37. The minimum Gasteiger partial charge on any atom is -0.402 e. The lowest BCUT2D eigenvalue weighted by Gasteiger charge is -2.28. The molecule has 4 heteroatoms. The van der Waals surface area contributed by atoms with Gasteiger partial charge in [-0.3, -0.25) is 0 Å². The van der Waals surface area contributed by atoms with E-state index in [1.807, 2.05) is 12.1 Å². The van der Waals surface area contributed by atoms with Crippen LogP contribution in [0.3, 0.4) is 0 Å². The first-order chi connectivity index (χ1) is 13.6. The van der Waals surface area contributed by atoms with E-state index in [0.717, 1.165) is 11.5 Å². The average molecular weight is 377 g/mol. The van der Waals surface area contributed by atoms with E-state index in [0.29, 0.717) is 11.5 Å². The Balaban J connectivity index is 1.50. The molecule has 0 aromatic heterocycles. The van der Waals surface area contributed by atoms with Crippen LogP contribution in [0.25, 0.3) is 6.08 Å². The number of halogens is 1. The summed E-state index contributed by atoms with van der Waals surface area (Å²) >= 11 is 0. The zero-order valence-corrected chi connectivity index (χ0v) is 16.0. The fraction of sp³-hybridized carbons (Fsp3) is 0.333. The van der Waals surface area contributed by atoms with E-state index in [9.17, 15) is 9.18 Å². The smallest absolute Gasteiger partial charge is 0.363 e. The third kappa shape index (κ3) is 3.91. The fourth-order valence-electron chi connectivity index (χ4n) is 4.07. The van der Waals surface area contributed by atoms with Crippen LogP contribution in [0.1, 0.15) is 61.6 Å². The van der Waals surface area contributed by atoms with Crippen LogP contribution in [0.2, 0.25) is 0 Å². The van der Waals surface area contributed by atoms with Gasteiger partial charge in [0.1, 0.15) is 5.82 Å². The minimum absolute atomic E-state index is 0.113. The lowest BCUT2D eigenvalue weighted by atomic mass is 9.78. The van der Waals surface area contributed by atoms with Gasteiger partial charge in [-0.1, -0.05) is 43.7 Å². The average Bonchev–Trinajstić information content (AvgIpc) is 3.10. The maximum atomic E-state index is 13.8. The van der Waals surface area contributed by atoms with Gasteiger partial charge in [0.2, 0.25) is 5.90 Å². The summed E-state index contributed by atoms with van der Waals surface area (Å²) in [6, 6.07) is 14.4. The summed E-state index contributed by atoms with van der Waals surface area (Å²) in [6.45, 7) is 2.28. The van der Waals surface area contributed by atoms with Crippen molar-refractivity contribution in [1.82, 2.24) is 0 Å². The first-order valence-electron chi connectivity index (χ1n) is 10.0. The molecule has 1 fully saturated rings. The Labute approximate surface area is 165 Å². The summed E-state index contributed by atoms with van der Waals surface area (Å²) in [4.78, 5) is 16.4. The number of ether oxygens (including phenoxy) is 1. The number of cyclic esters (lactones) is 1. The van der Waals surface area contributed by atoms with Crippen molar-refractivity contribution >= 4 is 17.9 Å². The number of hydrogen-bond donors (Lipinski definition) is 0. The molecule has 2 aromatic carbocycles. The predicted molar refractivity (Wildman–Crippen MR) is 108 cm³/mol. The second kappa shape index (κ2) is 8.09. The molecule has 2 aliphatic rings. The number of rotatable bonds is 4. The van der Waals surface area contributed by atoms with Gasteiger partial charge < -0.3 is 4.74 Å². The van der Waals surface area contributed by atoms with Crippen LogP contribution in [0.4, 0.5) is 4.39 Å². The van der Waals surface area contributed by atoms with Crippen molar-refractivity contribution in [2.24, 2.45) is 10.9 Å². The molecule has 1 aliphatic heterocycles. The molecule has 0 unspecified atom stereocenters. The molecule has 3 nitrogen and oxygen atoms in total. The number of carbonyl (C=O) groups excluding carboxylic acids is 1. The summed E-state index contributed by atoms with van der Waals surface area (Å²) in [7, 11) is 0. The lowest BCUT2D eigenvalue weighted by molar-refractivity contribution is -0.129. The highest BCUT2D eigenvalue weighted by Gasteiger charge is 2.25. The van der Waals surface area contributed by atoms with Crippen molar-refractivity contribution in [3.05, 3.63) is 76.7 Å². The maximum Gasteiger partial charge on any atom is 0.363 e. The first-order valence-corrected chi connectivity index (χ1v) is 10.0. The molecule has 1 saturated carbocycles. The Kier molecular flexibility index (Phi) is 5.38. The van der Waals surface area contributed by atoms with Gasteiger partial charge in [0.15, 0.2) is 5.70 Å². The molecule has 0 bridgehead atoms. The molecule has 1 aliphatic carbocycles. The van der Waals surface area contributed by atoms with E-state index < -0.39 is 11.8 Å². The molecule has 1 heterocycles. The maximum absolute atomic E-state index is 13.8. The Morgan fingerprint density at radius 3 is 2.46 bits per heavy atom. The summed E-state index contributed by atoms with van der Waals surface area (Å²) in [5, 5.41) is 0. The van der Waals surface area contributed by atoms with Gasteiger partial charge in [0.05, 0.1) is 0 Å². The second-order valence-corrected chi connectivity index (χ2v) is 7.61. The quantitative estimate of drug-likeness (QED) is 0.495. The molecule has 0 N–H and O–H groups in total. The standard InChI is InChI=1S/C24H24FNO2/c1-2-16-7-9-17(10-8-16)18-11-13-19(14-12-18)23-26-22(24(27)28-23)15-20-5-3-4-6-21(20)25/h3-6,11-17H,2,7-10H2,1H3. The number of nitrogens with zero attached hydrogens (tertiary/aromatic N) is 1. The van der Waals surface area contributed by atoms with Crippen molar-refractivity contribution in [2.75, 3.05) is 0 Å². The molecule has 0 radical (unpaired) electrons. The largest absolute Gasteiger partial charge is 0.402 e. The van der Waals surface area contributed by atoms with Crippen molar-refractivity contribution in [3.8, 4) is 0 Å². The predicted octanol–water partition coefficient (Wildman–Crippen LogP) is 5.85. The number of carbonyl (C=O) groups is 1. The van der Waals surface area contributed by atoms with Gasteiger partial charge in [-0.2, -0.15) is 0 Å². The molecular weight excluding hydrogens is 353 g/mol. The van der Waals surface area contributed by atoms with Crippen LogP contribution in [0.5, 0.6) is 0 Å². The number of esters is 1. The molecule has 144 valence electrons. The van der Waals surface area contributed by atoms with Crippen LogP contribution in [-0.4, -0.2) is 11.9 Å². The lowest BCUT2D eigenvalue weighted by Crippen LogP contribution is -2.13. The van der Waals surface area contributed by atoms with Crippen molar-refractivity contribution < 1.29 is 13.9 Å². The molecule has 2 aromatic rings. The van der Waals surface area contributed by atoms with Gasteiger partial charge in [0.25, 0.3) is 0 Å². The number of aliphatic imine (C=N–C) groups is 1. The summed E-state index contributed by atoms with van der Waals surface area (Å²) in [5.74, 6) is 0.812. The van der Waals surface area contributed by atoms with E-state index in [1.165, 1.54) is 49.8 Å². The van der Waals surface area contributed by atoms with Crippen LogP contribution in [0.15, 0.2) is 59.2 Å². The van der Waals surface area contributed by atoms with Crippen LogP contribution in [-0.2, 0) is 9.53 Å². The zero-order chi connectivity index (χ0) is 19.5. The monoisotopic (exact) mass is 377 g/mol. The van der Waals surface area contributed by atoms with Crippen molar-refractivity contribution in [3.63, 3.8) is 0 Å². The summed E-state index contributed by atoms with van der Waals surface area (Å²) < 4.78 is 19.1. The third-order valence-corrected chi connectivity index (χ3v) is 5.87. The zero-order valence-electron chi connectivity index (χ0n) is 16.0. The topological polar surface area (TPSA) is 38.7 Å². The Morgan fingerprint density at radius 2 is 1.79 bits per heavy atom. The first kappa shape index (κ1) is 18.6. The van der Waals surface area contributed by atoms with Crippen LogP contribution in [0, 0.1) is 11.7 Å². The van der Waals surface area contributed by atoms with Gasteiger partial charge >= 0.3 is 5.97 Å². The van der Waals surface area contributed by atoms with E-state index in [2.05, 4.69) is 24.0 Å². The van der Waals surface area contributed by atoms with Crippen molar-refractivity contribution in [2.45, 2.75) is 44.9 Å². The molecule has 0 amide bonds. The minimum atomic E-state index is -0.555. The van der Waals surface area contributed by atoms with Crippen molar-refractivity contribution in [1.29, 1.82) is 0 Å². The van der Waals surface area contributed by atoms with E-state index in [-0.39, 0.29) is 11.6 Å². The highest BCUT2D eigenvalue weighted by molar-refractivity contribution is 6.12. The fourth-order valence-corrected chi connectivity index (χ4v) is 4.07. The Morgan fingerprint density at radius 1 is 1.07 bits per heavy atom. The van der Waals surface area contributed by atoms with E-state index >= 15 is 0 Å². The molecule has 28 heavy (non-hydrogen) atoms. The third-order valence-electron chi connectivity index (χ3n) is 5.87. The summed E-state index contributed by atoms with van der Waals surface area (Å²) in [6.07, 6.45) is 7.78. The number of hydrogen-bond acceptors (Lipinski definition) is 3. The molecule has 0 atom stereocenters. The highest BCUT2D eigenvalue weighted by atomic mass is 19.1. The number of benzene rings is 2. The van der Waals surface area contributed by atoms with Gasteiger partial charge in [0, 0.05) is 11.1 Å². The van der Waals surface area contributed by atoms with Crippen LogP contribution < -0.4 is 0 Å². The van der Waals surface area contributed by atoms with Gasteiger partial charge in [-0.25, -0.2) is 14.2 Å². The van der Waals surface area contributed by atoms with E-state index in [1.54, 1.807) is 18.2 Å². The Hall–Kier alpha value is -2.75. The summed E-state index contributed by atoms with van der Waals surface area (Å²) in [5.41, 5.74) is 2.53. The Bertz CT molecular complexity index is 922. The molecule has 0 saturated heterocycles. The molecular formula is C24H24FNO2. The normalized spacial score (nSPS) is 23.6. The van der Waals surface area contributed by atoms with Gasteiger partial charge in [-0.05, 0) is 67.4 Å².